The Bertz CT molecular complexity index is 1300. The number of ether oxygens (including phenoxy) is 2. The maximum absolute atomic E-state index is 12.8. The van der Waals surface area contributed by atoms with E-state index in [9.17, 15) is 9.59 Å². The van der Waals surface area contributed by atoms with Gasteiger partial charge in [0, 0.05) is 13.1 Å². The first-order chi connectivity index (χ1) is 18.8. The number of unbranched alkanes of at least 4 members (excludes halogenated alkanes) is 1. The lowest BCUT2D eigenvalue weighted by atomic mass is 10.1. The standard InChI is InChI=1S/C30H42N6O4/c1-8-9-16-36(28(38)40-30(5,6)7)26-32-19-23(34-26)21-14-12-20(13-15-21)22-18-31-25(33-22)24-11-10-17-35(24)27(37)39-29(2,3)4/h12-15,18-19,24H,8-11,16-17H2,1-7H3,(H,31,33)(H,32,34)/t24-/m0/s1. The van der Waals surface area contributed by atoms with Gasteiger partial charge in [-0.05, 0) is 71.9 Å². The van der Waals surface area contributed by atoms with Gasteiger partial charge in [-0.3, -0.25) is 4.90 Å². The van der Waals surface area contributed by atoms with Gasteiger partial charge in [-0.1, -0.05) is 37.6 Å². The van der Waals surface area contributed by atoms with Crippen molar-refractivity contribution in [3.63, 3.8) is 0 Å². The number of hydrogen-bond donors (Lipinski definition) is 2. The first-order valence-electron chi connectivity index (χ1n) is 14.1. The van der Waals surface area contributed by atoms with Gasteiger partial charge in [-0.2, -0.15) is 0 Å². The molecule has 1 aromatic carbocycles. The lowest BCUT2D eigenvalue weighted by Crippen LogP contribution is -2.38. The topological polar surface area (TPSA) is 116 Å². The quantitative estimate of drug-likeness (QED) is 0.325. The number of aromatic amines is 2. The molecule has 10 nitrogen and oxygen atoms in total. The maximum atomic E-state index is 12.8. The van der Waals surface area contributed by atoms with Crippen LogP contribution in [-0.2, 0) is 9.47 Å². The first-order valence-corrected chi connectivity index (χ1v) is 14.1. The molecule has 1 fully saturated rings. The Morgan fingerprint density at radius 3 is 2.15 bits per heavy atom. The number of likely N-dealkylation sites (tertiary alicyclic amines) is 1. The largest absolute Gasteiger partial charge is 0.444 e. The van der Waals surface area contributed by atoms with Crippen LogP contribution in [0.4, 0.5) is 15.5 Å². The Morgan fingerprint density at radius 1 is 0.950 bits per heavy atom. The predicted octanol–water partition coefficient (Wildman–Crippen LogP) is 7.08. The monoisotopic (exact) mass is 550 g/mol. The van der Waals surface area contributed by atoms with Crippen LogP contribution in [0.2, 0.25) is 0 Å². The van der Waals surface area contributed by atoms with Crippen LogP contribution in [0.1, 0.15) is 86.0 Å². The van der Waals surface area contributed by atoms with Crippen molar-refractivity contribution >= 4 is 18.1 Å². The maximum Gasteiger partial charge on any atom is 0.417 e. The number of imidazole rings is 2. The van der Waals surface area contributed by atoms with E-state index in [1.807, 2.05) is 65.8 Å². The van der Waals surface area contributed by atoms with Gasteiger partial charge >= 0.3 is 12.2 Å². The Labute approximate surface area is 236 Å². The molecule has 1 saturated heterocycles. The molecule has 40 heavy (non-hydrogen) atoms. The zero-order chi connectivity index (χ0) is 29.1. The third kappa shape index (κ3) is 7.22. The summed E-state index contributed by atoms with van der Waals surface area (Å²) in [5.41, 5.74) is 2.45. The van der Waals surface area contributed by atoms with Crippen LogP contribution in [0, 0.1) is 0 Å². The summed E-state index contributed by atoms with van der Waals surface area (Å²) in [6, 6.07) is 7.89. The Hall–Kier alpha value is -3.82. The number of aromatic nitrogens is 4. The molecule has 216 valence electrons. The summed E-state index contributed by atoms with van der Waals surface area (Å²) in [5, 5.41) is 0. The number of hydrogen-bond acceptors (Lipinski definition) is 6. The highest BCUT2D eigenvalue weighted by atomic mass is 16.6. The van der Waals surface area contributed by atoms with E-state index < -0.39 is 17.3 Å². The first kappa shape index (κ1) is 29.2. The molecule has 0 aliphatic carbocycles. The zero-order valence-electron chi connectivity index (χ0n) is 24.7. The van der Waals surface area contributed by atoms with Crippen LogP contribution >= 0.6 is 0 Å². The summed E-state index contributed by atoms with van der Waals surface area (Å²) in [7, 11) is 0. The van der Waals surface area contributed by atoms with Crippen molar-refractivity contribution in [1.82, 2.24) is 24.8 Å². The summed E-state index contributed by atoms with van der Waals surface area (Å²) >= 11 is 0. The number of benzene rings is 1. The van der Waals surface area contributed by atoms with E-state index in [0.717, 1.165) is 54.0 Å². The van der Waals surface area contributed by atoms with Crippen molar-refractivity contribution in [2.24, 2.45) is 0 Å². The van der Waals surface area contributed by atoms with E-state index in [-0.39, 0.29) is 12.1 Å². The minimum atomic E-state index is -0.592. The SMILES string of the molecule is CCCCN(C(=O)OC(C)(C)C)c1ncc(-c2ccc(-c3cnc([C@@H]4CCCN4C(=O)OC(C)(C)C)[nH]3)cc2)[nH]1. The Morgan fingerprint density at radius 2 is 1.55 bits per heavy atom. The number of carbonyl (C=O) groups is 2. The van der Waals surface area contributed by atoms with Gasteiger partial charge in [0.1, 0.15) is 17.0 Å². The number of nitrogens with one attached hydrogen (secondary N) is 2. The number of rotatable bonds is 7. The van der Waals surface area contributed by atoms with Gasteiger partial charge in [0.2, 0.25) is 5.95 Å². The van der Waals surface area contributed by atoms with Crippen LogP contribution in [0.5, 0.6) is 0 Å². The third-order valence-corrected chi connectivity index (χ3v) is 6.47. The number of carbonyl (C=O) groups excluding carboxylic acids is 2. The van der Waals surface area contributed by atoms with Gasteiger partial charge in [-0.25, -0.2) is 24.5 Å². The van der Waals surface area contributed by atoms with Crippen molar-refractivity contribution < 1.29 is 19.1 Å². The number of amides is 2. The highest BCUT2D eigenvalue weighted by molar-refractivity contribution is 5.86. The number of H-pyrrole nitrogens is 2. The van der Waals surface area contributed by atoms with Crippen molar-refractivity contribution in [3.8, 4) is 22.5 Å². The number of anilines is 1. The van der Waals surface area contributed by atoms with E-state index in [1.54, 1.807) is 22.2 Å². The molecular formula is C30H42N6O4. The second kappa shape index (κ2) is 11.7. The molecule has 2 amide bonds. The van der Waals surface area contributed by atoms with Crippen LogP contribution in [0.15, 0.2) is 36.7 Å². The summed E-state index contributed by atoms with van der Waals surface area (Å²) in [4.78, 5) is 44.6. The molecule has 0 spiro atoms. The molecule has 3 aromatic rings. The van der Waals surface area contributed by atoms with Gasteiger partial charge in [-0.15, -0.1) is 0 Å². The minimum Gasteiger partial charge on any atom is -0.444 e. The zero-order valence-corrected chi connectivity index (χ0v) is 24.7. The Balaban J connectivity index is 1.47. The summed E-state index contributed by atoms with van der Waals surface area (Å²) in [6.07, 6.45) is 6.34. The van der Waals surface area contributed by atoms with Crippen LogP contribution in [0.3, 0.4) is 0 Å². The van der Waals surface area contributed by atoms with E-state index in [4.69, 9.17) is 9.47 Å². The highest BCUT2D eigenvalue weighted by Crippen LogP contribution is 2.33. The van der Waals surface area contributed by atoms with E-state index in [2.05, 4.69) is 26.9 Å². The second-order valence-electron chi connectivity index (χ2n) is 12.2. The van der Waals surface area contributed by atoms with Crippen molar-refractivity contribution in [3.05, 3.63) is 42.5 Å². The highest BCUT2D eigenvalue weighted by Gasteiger charge is 2.35. The summed E-state index contributed by atoms with van der Waals surface area (Å²) < 4.78 is 11.2. The van der Waals surface area contributed by atoms with Gasteiger partial charge < -0.3 is 19.4 Å². The van der Waals surface area contributed by atoms with Crippen molar-refractivity contribution in [1.29, 1.82) is 0 Å². The molecule has 0 radical (unpaired) electrons. The van der Waals surface area contributed by atoms with Gasteiger partial charge in [0.25, 0.3) is 0 Å². The van der Waals surface area contributed by atoms with Gasteiger partial charge in [0.15, 0.2) is 0 Å². The van der Waals surface area contributed by atoms with Gasteiger partial charge in [0.05, 0.1) is 29.8 Å². The molecule has 2 aromatic heterocycles. The molecule has 1 aliphatic rings. The third-order valence-electron chi connectivity index (χ3n) is 6.47. The summed E-state index contributed by atoms with van der Waals surface area (Å²) in [5.74, 6) is 1.22. The molecule has 4 rings (SSSR count). The minimum absolute atomic E-state index is 0.132. The normalized spacial score (nSPS) is 15.8. The lowest BCUT2D eigenvalue weighted by molar-refractivity contribution is 0.0218. The fraction of sp³-hybridized carbons (Fsp3) is 0.533. The average molecular weight is 551 g/mol. The van der Waals surface area contributed by atoms with E-state index in [1.165, 1.54) is 0 Å². The Kier molecular flexibility index (Phi) is 8.56. The molecule has 1 aliphatic heterocycles. The fourth-order valence-electron chi connectivity index (χ4n) is 4.58. The lowest BCUT2D eigenvalue weighted by Gasteiger charge is -2.27. The predicted molar refractivity (Wildman–Crippen MR) is 155 cm³/mol. The molecule has 0 bridgehead atoms. The summed E-state index contributed by atoms with van der Waals surface area (Å²) in [6.45, 7) is 14.4. The molecule has 1 atom stereocenters. The van der Waals surface area contributed by atoms with Crippen molar-refractivity contribution in [2.45, 2.75) is 91.4 Å². The second-order valence-corrected chi connectivity index (χ2v) is 12.2. The van der Waals surface area contributed by atoms with Crippen molar-refractivity contribution in [2.75, 3.05) is 18.0 Å². The molecule has 2 N–H and O–H groups in total. The van der Waals surface area contributed by atoms with E-state index >= 15 is 0 Å². The van der Waals surface area contributed by atoms with Crippen LogP contribution in [-0.4, -0.2) is 61.3 Å². The molecular weight excluding hydrogens is 508 g/mol. The fourth-order valence-corrected chi connectivity index (χ4v) is 4.58. The molecule has 3 heterocycles. The smallest absolute Gasteiger partial charge is 0.417 e. The number of nitrogens with zero attached hydrogens (tertiary/aromatic N) is 4. The average Bonchev–Trinajstić information content (AvgIpc) is 3.63. The van der Waals surface area contributed by atoms with Crippen LogP contribution in [0.25, 0.3) is 22.5 Å². The molecule has 0 unspecified atom stereocenters. The van der Waals surface area contributed by atoms with E-state index in [0.29, 0.717) is 19.0 Å². The molecule has 0 saturated carbocycles. The molecule has 10 heteroatoms. The van der Waals surface area contributed by atoms with Crippen LogP contribution < -0.4 is 4.90 Å².